The third kappa shape index (κ3) is 2.38. The number of hydrogen-bond donors (Lipinski definition) is 1. The topological polar surface area (TPSA) is 39.1 Å². The molecule has 0 radical (unpaired) electrons. The first-order valence-corrected chi connectivity index (χ1v) is 6.31. The molecule has 2 aliphatic rings. The van der Waals surface area contributed by atoms with Gasteiger partial charge in [-0.1, -0.05) is 0 Å². The monoisotopic (exact) mass is 221 g/mol. The maximum absolute atomic E-state index is 5.75. The van der Waals surface area contributed by atoms with Gasteiger partial charge in [0.1, 0.15) is 0 Å². The molecule has 88 valence electrons. The number of nitrogens with zero attached hydrogens (tertiary/aromatic N) is 2. The van der Waals surface area contributed by atoms with Crippen molar-refractivity contribution < 1.29 is 4.74 Å². The lowest BCUT2D eigenvalue weighted by Crippen LogP contribution is -2.25. The van der Waals surface area contributed by atoms with E-state index in [2.05, 4.69) is 14.9 Å². The highest BCUT2D eigenvalue weighted by atomic mass is 16.5. The Balaban J connectivity index is 1.61. The van der Waals surface area contributed by atoms with Gasteiger partial charge in [-0.15, -0.1) is 0 Å². The van der Waals surface area contributed by atoms with E-state index in [1.807, 2.05) is 12.4 Å². The molecule has 0 amide bonds. The summed E-state index contributed by atoms with van der Waals surface area (Å²) in [5.41, 5.74) is 0. The van der Waals surface area contributed by atoms with Crippen molar-refractivity contribution in [3.8, 4) is 0 Å². The molecule has 1 unspecified atom stereocenters. The van der Waals surface area contributed by atoms with Crippen LogP contribution in [0.5, 0.6) is 0 Å². The highest BCUT2D eigenvalue weighted by Gasteiger charge is 2.23. The first-order valence-electron chi connectivity index (χ1n) is 6.31. The zero-order chi connectivity index (χ0) is 10.8. The van der Waals surface area contributed by atoms with Crippen LogP contribution in [0.25, 0.3) is 0 Å². The van der Waals surface area contributed by atoms with E-state index in [0.717, 1.165) is 19.1 Å². The van der Waals surface area contributed by atoms with E-state index < -0.39 is 0 Å². The van der Waals surface area contributed by atoms with Crippen molar-refractivity contribution in [2.75, 3.05) is 11.9 Å². The lowest BCUT2D eigenvalue weighted by Gasteiger charge is -2.23. The number of anilines is 1. The molecule has 1 aromatic rings. The predicted octanol–water partition coefficient (Wildman–Crippen LogP) is 2.03. The highest BCUT2D eigenvalue weighted by molar-refractivity contribution is 5.29. The largest absolute Gasteiger partial charge is 0.376 e. The van der Waals surface area contributed by atoms with Crippen LogP contribution in [0.1, 0.15) is 32.1 Å². The average molecular weight is 221 g/mol. The van der Waals surface area contributed by atoms with Crippen LogP contribution in [0.3, 0.4) is 0 Å². The van der Waals surface area contributed by atoms with E-state index in [1.54, 1.807) is 0 Å². The number of imidazole rings is 1. The molecule has 3 rings (SSSR count). The van der Waals surface area contributed by atoms with Crippen LogP contribution >= 0.6 is 0 Å². The van der Waals surface area contributed by atoms with Gasteiger partial charge in [0.05, 0.1) is 12.6 Å². The number of aromatic nitrogens is 2. The van der Waals surface area contributed by atoms with Gasteiger partial charge < -0.3 is 14.6 Å². The molecule has 1 aliphatic heterocycles. The average Bonchev–Trinajstić information content (AvgIpc) is 3.02. The van der Waals surface area contributed by atoms with Crippen LogP contribution in [0.4, 0.5) is 5.95 Å². The van der Waals surface area contributed by atoms with Crippen molar-refractivity contribution in [1.82, 2.24) is 9.55 Å². The second-order valence-electron chi connectivity index (χ2n) is 4.81. The summed E-state index contributed by atoms with van der Waals surface area (Å²) in [4.78, 5) is 4.36. The van der Waals surface area contributed by atoms with Gasteiger partial charge in [-0.2, -0.15) is 0 Å². The van der Waals surface area contributed by atoms with Crippen molar-refractivity contribution in [3.05, 3.63) is 12.4 Å². The molecule has 4 nitrogen and oxygen atoms in total. The summed E-state index contributed by atoms with van der Waals surface area (Å²) < 4.78 is 7.94. The molecule has 2 heterocycles. The zero-order valence-corrected chi connectivity index (χ0v) is 9.56. The van der Waals surface area contributed by atoms with Crippen LogP contribution in [-0.2, 0) is 11.3 Å². The molecular formula is C12H19N3O. The summed E-state index contributed by atoms with van der Waals surface area (Å²) in [6.45, 7) is 1.86. The van der Waals surface area contributed by atoms with Crippen LogP contribution < -0.4 is 5.32 Å². The van der Waals surface area contributed by atoms with E-state index in [0.29, 0.717) is 12.1 Å². The number of ether oxygens (including phenoxy) is 1. The number of hydrogen-bond acceptors (Lipinski definition) is 3. The second kappa shape index (κ2) is 4.45. The fourth-order valence-corrected chi connectivity index (χ4v) is 2.18. The summed E-state index contributed by atoms with van der Waals surface area (Å²) >= 11 is 0. The lowest BCUT2D eigenvalue weighted by atomic mass is 10.1. The Labute approximate surface area is 96.0 Å². The first kappa shape index (κ1) is 10.1. The Morgan fingerprint density at radius 3 is 3.06 bits per heavy atom. The molecular weight excluding hydrogens is 202 g/mol. The zero-order valence-electron chi connectivity index (χ0n) is 9.56. The van der Waals surface area contributed by atoms with Gasteiger partial charge >= 0.3 is 0 Å². The van der Waals surface area contributed by atoms with Crippen molar-refractivity contribution in [1.29, 1.82) is 0 Å². The van der Waals surface area contributed by atoms with E-state index in [1.165, 1.54) is 32.1 Å². The number of rotatable bonds is 4. The summed E-state index contributed by atoms with van der Waals surface area (Å²) in [7, 11) is 0. The molecule has 16 heavy (non-hydrogen) atoms. The van der Waals surface area contributed by atoms with Crippen molar-refractivity contribution in [2.24, 2.45) is 0 Å². The van der Waals surface area contributed by atoms with E-state index in [4.69, 9.17) is 4.74 Å². The van der Waals surface area contributed by atoms with Crippen LogP contribution in [-0.4, -0.2) is 28.3 Å². The number of nitrogens with one attached hydrogen (secondary N) is 1. The molecule has 1 N–H and O–H groups in total. The summed E-state index contributed by atoms with van der Waals surface area (Å²) in [5, 5.41) is 3.45. The van der Waals surface area contributed by atoms with Gasteiger partial charge in [-0.05, 0) is 32.1 Å². The minimum Gasteiger partial charge on any atom is -0.376 e. The Morgan fingerprint density at radius 2 is 2.31 bits per heavy atom. The van der Waals surface area contributed by atoms with Crippen LogP contribution in [0.15, 0.2) is 12.4 Å². The summed E-state index contributed by atoms with van der Waals surface area (Å²) in [5.74, 6) is 1.01. The molecule has 1 aliphatic carbocycles. The smallest absolute Gasteiger partial charge is 0.203 e. The predicted molar refractivity (Wildman–Crippen MR) is 62.5 cm³/mol. The fraction of sp³-hybridized carbons (Fsp3) is 0.750. The maximum Gasteiger partial charge on any atom is 0.203 e. The Hall–Kier alpha value is -1.03. The van der Waals surface area contributed by atoms with Gasteiger partial charge in [0, 0.05) is 25.0 Å². The summed E-state index contributed by atoms with van der Waals surface area (Å²) in [6.07, 6.45) is 10.6. The Bertz CT molecular complexity index is 340. The Morgan fingerprint density at radius 1 is 1.38 bits per heavy atom. The Kier molecular flexibility index (Phi) is 2.82. The molecule has 1 aromatic heterocycles. The standard InChI is InChI=1S/C12H19N3O/c1-2-8-16-11(3-1)9-15-7-6-13-12(15)14-10-4-5-10/h6-7,10-11H,1-5,8-9H2,(H,13,14). The van der Waals surface area contributed by atoms with Gasteiger partial charge in [-0.25, -0.2) is 4.98 Å². The quantitative estimate of drug-likeness (QED) is 0.845. The maximum atomic E-state index is 5.75. The molecule has 0 spiro atoms. The van der Waals surface area contributed by atoms with Crippen LogP contribution in [0, 0.1) is 0 Å². The van der Waals surface area contributed by atoms with E-state index in [9.17, 15) is 0 Å². The minimum atomic E-state index is 0.378. The van der Waals surface area contributed by atoms with Crippen molar-refractivity contribution in [2.45, 2.75) is 50.8 Å². The molecule has 1 saturated heterocycles. The molecule has 2 fully saturated rings. The van der Waals surface area contributed by atoms with E-state index in [-0.39, 0.29) is 0 Å². The highest BCUT2D eigenvalue weighted by Crippen LogP contribution is 2.24. The molecule has 1 saturated carbocycles. The normalized spacial score (nSPS) is 25.6. The molecule has 0 aromatic carbocycles. The second-order valence-corrected chi connectivity index (χ2v) is 4.81. The summed E-state index contributed by atoms with van der Waals surface area (Å²) in [6, 6.07) is 0.661. The molecule has 0 bridgehead atoms. The van der Waals surface area contributed by atoms with Crippen LogP contribution in [0.2, 0.25) is 0 Å². The molecule has 1 atom stereocenters. The molecule has 4 heteroatoms. The van der Waals surface area contributed by atoms with Gasteiger partial charge in [0.2, 0.25) is 5.95 Å². The third-order valence-electron chi connectivity index (χ3n) is 3.30. The minimum absolute atomic E-state index is 0.378. The fourth-order valence-electron chi connectivity index (χ4n) is 2.18. The lowest BCUT2D eigenvalue weighted by molar-refractivity contribution is 0.00629. The first-order chi connectivity index (χ1) is 7.92. The van der Waals surface area contributed by atoms with E-state index >= 15 is 0 Å². The van der Waals surface area contributed by atoms with Gasteiger partial charge in [0.25, 0.3) is 0 Å². The van der Waals surface area contributed by atoms with Crippen molar-refractivity contribution >= 4 is 5.95 Å². The SMILES string of the molecule is c1cn(CC2CCCCO2)c(NC2CC2)n1. The van der Waals surface area contributed by atoms with Gasteiger partial charge in [-0.3, -0.25) is 0 Å². The third-order valence-corrected chi connectivity index (χ3v) is 3.30. The van der Waals surface area contributed by atoms with Crippen molar-refractivity contribution in [3.63, 3.8) is 0 Å². The van der Waals surface area contributed by atoms with Gasteiger partial charge in [0.15, 0.2) is 0 Å².